The van der Waals surface area contributed by atoms with Crippen LogP contribution in [0.1, 0.15) is 23.5 Å². The Morgan fingerprint density at radius 2 is 2.10 bits per heavy atom. The topological polar surface area (TPSA) is 58.6 Å². The van der Waals surface area contributed by atoms with Gasteiger partial charge in [-0.05, 0) is 23.4 Å². The van der Waals surface area contributed by atoms with Gasteiger partial charge in [0.15, 0.2) is 0 Å². The van der Waals surface area contributed by atoms with Crippen molar-refractivity contribution in [2.24, 2.45) is 5.92 Å². The number of thiophene rings is 1. The van der Waals surface area contributed by atoms with Crippen molar-refractivity contribution in [1.82, 2.24) is 5.32 Å². The quantitative estimate of drug-likeness (QED) is 0.827. The highest BCUT2D eigenvalue weighted by molar-refractivity contribution is 7.20. The van der Waals surface area contributed by atoms with Crippen LogP contribution in [0, 0.1) is 5.92 Å². The Morgan fingerprint density at radius 3 is 2.81 bits per heavy atom. The van der Waals surface area contributed by atoms with Crippen LogP contribution in [0.15, 0.2) is 30.3 Å². The molecule has 5 heteroatoms. The molecule has 0 saturated carbocycles. The molecule has 2 rings (SSSR count). The van der Waals surface area contributed by atoms with E-state index in [1.165, 1.54) is 11.3 Å². The molecular formula is C16H21NO3S. The highest BCUT2D eigenvalue weighted by Crippen LogP contribution is 2.24. The molecule has 0 saturated heterocycles. The van der Waals surface area contributed by atoms with Crippen LogP contribution in [0.25, 0.3) is 10.1 Å². The van der Waals surface area contributed by atoms with E-state index in [1.807, 2.05) is 30.3 Å². The van der Waals surface area contributed by atoms with Crippen LogP contribution in [0.3, 0.4) is 0 Å². The molecule has 4 nitrogen and oxygen atoms in total. The summed E-state index contributed by atoms with van der Waals surface area (Å²) in [6, 6.07) is 9.75. The maximum absolute atomic E-state index is 12.0. The number of fused-ring (bicyclic) bond motifs is 1. The molecule has 0 spiro atoms. The summed E-state index contributed by atoms with van der Waals surface area (Å²) in [4.78, 5) is 12.7. The van der Waals surface area contributed by atoms with Gasteiger partial charge in [0.1, 0.15) is 0 Å². The molecule has 1 heterocycles. The first-order valence-electron chi connectivity index (χ1n) is 7.09. The molecule has 2 aromatic rings. The first kappa shape index (κ1) is 15.9. The van der Waals surface area contributed by atoms with E-state index < -0.39 is 6.10 Å². The number of aliphatic hydroxyl groups is 1. The molecule has 1 amide bonds. The zero-order valence-corrected chi connectivity index (χ0v) is 13.2. The number of carbonyl (C=O) groups excluding carboxylic acids is 1. The normalized spacial score (nSPS) is 12.8. The molecule has 0 aliphatic heterocycles. The molecule has 0 aliphatic rings. The maximum Gasteiger partial charge on any atom is 0.261 e. The minimum absolute atomic E-state index is 0.154. The Labute approximate surface area is 128 Å². The molecule has 0 bridgehead atoms. The third-order valence-corrected chi connectivity index (χ3v) is 4.02. The fourth-order valence-corrected chi connectivity index (χ4v) is 2.87. The van der Waals surface area contributed by atoms with Gasteiger partial charge < -0.3 is 15.2 Å². The Kier molecular flexibility index (Phi) is 5.73. The second-order valence-electron chi connectivity index (χ2n) is 5.44. The zero-order chi connectivity index (χ0) is 15.2. The molecule has 0 radical (unpaired) electrons. The van der Waals surface area contributed by atoms with E-state index in [1.54, 1.807) is 0 Å². The Balaban J connectivity index is 1.81. The molecule has 1 unspecified atom stereocenters. The molecule has 1 aromatic heterocycles. The summed E-state index contributed by atoms with van der Waals surface area (Å²) in [6.45, 7) is 5.16. The average molecular weight is 307 g/mol. The third-order valence-electron chi connectivity index (χ3n) is 2.91. The highest BCUT2D eigenvalue weighted by Gasteiger charge is 2.12. The van der Waals surface area contributed by atoms with E-state index in [0.717, 1.165) is 10.1 Å². The number of carbonyl (C=O) groups is 1. The fraction of sp³-hybridized carbons (Fsp3) is 0.438. The van der Waals surface area contributed by atoms with Crippen molar-refractivity contribution in [2.45, 2.75) is 20.0 Å². The van der Waals surface area contributed by atoms with Crippen molar-refractivity contribution in [3.63, 3.8) is 0 Å². The predicted molar refractivity (Wildman–Crippen MR) is 85.8 cm³/mol. The van der Waals surface area contributed by atoms with Gasteiger partial charge in [0.25, 0.3) is 5.91 Å². The smallest absolute Gasteiger partial charge is 0.261 e. The minimum Gasteiger partial charge on any atom is -0.389 e. The number of ether oxygens (including phenoxy) is 1. The molecule has 0 fully saturated rings. The maximum atomic E-state index is 12.0. The van der Waals surface area contributed by atoms with E-state index >= 15 is 0 Å². The monoisotopic (exact) mass is 307 g/mol. The number of aliphatic hydroxyl groups excluding tert-OH is 1. The van der Waals surface area contributed by atoms with Crippen LogP contribution >= 0.6 is 11.3 Å². The lowest BCUT2D eigenvalue weighted by Gasteiger charge is -2.13. The lowest BCUT2D eigenvalue weighted by atomic mass is 10.2. The summed E-state index contributed by atoms with van der Waals surface area (Å²) in [5, 5.41) is 13.6. The van der Waals surface area contributed by atoms with Gasteiger partial charge in [0, 0.05) is 17.9 Å². The van der Waals surface area contributed by atoms with Crippen LogP contribution < -0.4 is 5.32 Å². The number of benzene rings is 1. The summed E-state index contributed by atoms with van der Waals surface area (Å²) in [7, 11) is 0. The Bertz CT molecular complexity index is 561. The molecule has 0 aliphatic carbocycles. The van der Waals surface area contributed by atoms with Crippen molar-refractivity contribution in [3.8, 4) is 0 Å². The SMILES string of the molecule is CC(C)COCC(O)CNC(=O)c1cc2ccccc2s1. The third kappa shape index (κ3) is 4.81. The Morgan fingerprint density at radius 1 is 1.33 bits per heavy atom. The number of rotatable bonds is 7. The predicted octanol–water partition coefficient (Wildman–Crippen LogP) is 2.66. The van der Waals surface area contributed by atoms with Gasteiger partial charge in [-0.15, -0.1) is 11.3 Å². The van der Waals surface area contributed by atoms with E-state index in [9.17, 15) is 9.90 Å². The van der Waals surface area contributed by atoms with Crippen LogP contribution in [-0.2, 0) is 4.74 Å². The molecule has 1 aromatic carbocycles. The molecule has 1 atom stereocenters. The second-order valence-corrected chi connectivity index (χ2v) is 6.53. The molecule has 114 valence electrons. The summed E-state index contributed by atoms with van der Waals surface area (Å²) in [5.74, 6) is 0.282. The van der Waals surface area contributed by atoms with Crippen molar-refractivity contribution in [3.05, 3.63) is 35.2 Å². The van der Waals surface area contributed by atoms with Crippen molar-refractivity contribution in [2.75, 3.05) is 19.8 Å². The van der Waals surface area contributed by atoms with Crippen molar-refractivity contribution in [1.29, 1.82) is 0 Å². The summed E-state index contributed by atoms with van der Waals surface area (Å²) >= 11 is 1.45. The first-order valence-corrected chi connectivity index (χ1v) is 7.90. The van der Waals surface area contributed by atoms with Gasteiger partial charge in [-0.25, -0.2) is 0 Å². The summed E-state index contributed by atoms with van der Waals surface area (Å²) < 4.78 is 6.43. The number of nitrogens with one attached hydrogen (secondary N) is 1. The van der Waals surface area contributed by atoms with E-state index in [2.05, 4.69) is 19.2 Å². The lowest BCUT2D eigenvalue weighted by molar-refractivity contribution is 0.0259. The van der Waals surface area contributed by atoms with E-state index in [4.69, 9.17) is 4.74 Å². The van der Waals surface area contributed by atoms with Gasteiger partial charge in [-0.3, -0.25) is 4.79 Å². The second kappa shape index (κ2) is 7.54. The van der Waals surface area contributed by atoms with Gasteiger partial charge in [0.05, 0.1) is 17.6 Å². The average Bonchev–Trinajstić information content (AvgIpc) is 2.88. The molecule has 21 heavy (non-hydrogen) atoms. The zero-order valence-electron chi connectivity index (χ0n) is 12.3. The number of hydrogen-bond donors (Lipinski definition) is 2. The largest absolute Gasteiger partial charge is 0.389 e. The van der Waals surface area contributed by atoms with Gasteiger partial charge in [-0.1, -0.05) is 32.0 Å². The Hall–Kier alpha value is -1.43. The molecular weight excluding hydrogens is 286 g/mol. The van der Waals surface area contributed by atoms with Gasteiger partial charge >= 0.3 is 0 Å². The van der Waals surface area contributed by atoms with Crippen LogP contribution in [0.4, 0.5) is 0 Å². The number of hydrogen-bond acceptors (Lipinski definition) is 4. The number of amides is 1. The van der Waals surface area contributed by atoms with Crippen LogP contribution in [-0.4, -0.2) is 36.9 Å². The fourth-order valence-electron chi connectivity index (χ4n) is 1.89. The first-order chi connectivity index (χ1) is 10.1. The van der Waals surface area contributed by atoms with E-state index in [0.29, 0.717) is 17.4 Å². The van der Waals surface area contributed by atoms with Gasteiger partial charge in [0.2, 0.25) is 0 Å². The standard InChI is InChI=1S/C16H21NO3S/c1-11(2)9-20-10-13(18)8-17-16(19)15-7-12-5-3-4-6-14(12)21-15/h3-7,11,13,18H,8-10H2,1-2H3,(H,17,19). The summed E-state index contributed by atoms with van der Waals surface area (Å²) in [6.07, 6.45) is -0.679. The van der Waals surface area contributed by atoms with Crippen LogP contribution in [0.5, 0.6) is 0 Å². The van der Waals surface area contributed by atoms with Crippen LogP contribution in [0.2, 0.25) is 0 Å². The van der Waals surface area contributed by atoms with Gasteiger partial charge in [-0.2, -0.15) is 0 Å². The van der Waals surface area contributed by atoms with E-state index in [-0.39, 0.29) is 19.1 Å². The lowest BCUT2D eigenvalue weighted by Crippen LogP contribution is -2.34. The molecule has 2 N–H and O–H groups in total. The minimum atomic E-state index is -0.679. The van der Waals surface area contributed by atoms with Crippen molar-refractivity contribution >= 4 is 27.3 Å². The van der Waals surface area contributed by atoms with Crippen molar-refractivity contribution < 1.29 is 14.6 Å². The summed E-state index contributed by atoms with van der Waals surface area (Å²) in [5.41, 5.74) is 0. The highest BCUT2D eigenvalue weighted by atomic mass is 32.1.